The van der Waals surface area contributed by atoms with Gasteiger partial charge in [0.25, 0.3) is 5.91 Å². The van der Waals surface area contributed by atoms with Crippen LogP contribution in [0.4, 0.5) is 0 Å². The highest BCUT2D eigenvalue weighted by molar-refractivity contribution is 6.42. The van der Waals surface area contributed by atoms with E-state index in [1.807, 2.05) is 0 Å². The average molecular weight is 334 g/mol. The van der Waals surface area contributed by atoms with Gasteiger partial charge in [-0.25, -0.2) is 0 Å². The molecule has 1 aliphatic heterocycles. The highest BCUT2D eigenvalue weighted by Crippen LogP contribution is 2.41. The molecule has 0 spiro atoms. The van der Waals surface area contributed by atoms with Gasteiger partial charge < -0.3 is 20.2 Å². The Labute approximate surface area is 132 Å². The SMILES string of the molecule is O=C([C@H](O)CO)N1CCC(c2c(O)ccc(Cl)c2Cl)CC1. The van der Waals surface area contributed by atoms with Crippen LogP contribution in [0.15, 0.2) is 12.1 Å². The largest absolute Gasteiger partial charge is 0.508 e. The van der Waals surface area contributed by atoms with Gasteiger partial charge in [0.2, 0.25) is 0 Å². The number of carbonyl (C=O) groups excluding carboxylic acids is 1. The summed E-state index contributed by atoms with van der Waals surface area (Å²) in [6.07, 6.45) is -0.153. The molecule has 0 saturated carbocycles. The molecule has 1 aromatic carbocycles. The third-order valence-corrected chi connectivity index (χ3v) is 4.60. The van der Waals surface area contributed by atoms with Crippen LogP contribution in [0.3, 0.4) is 0 Å². The molecule has 0 bridgehead atoms. The molecule has 1 fully saturated rings. The minimum Gasteiger partial charge on any atom is -0.508 e. The molecule has 5 nitrogen and oxygen atoms in total. The second-order valence-electron chi connectivity index (χ2n) is 5.09. The molecule has 1 aliphatic rings. The van der Waals surface area contributed by atoms with E-state index in [0.717, 1.165) is 0 Å². The van der Waals surface area contributed by atoms with Crippen molar-refractivity contribution in [3.63, 3.8) is 0 Å². The van der Waals surface area contributed by atoms with Crippen molar-refractivity contribution < 1.29 is 20.1 Å². The van der Waals surface area contributed by atoms with Crippen molar-refractivity contribution in [2.45, 2.75) is 24.9 Å². The fourth-order valence-electron chi connectivity index (χ4n) is 2.62. The van der Waals surface area contributed by atoms with E-state index in [4.69, 9.17) is 28.3 Å². The monoisotopic (exact) mass is 333 g/mol. The maximum absolute atomic E-state index is 11.8. The van der Waals surface area contributed by atoms with Crippen LogP contribution in [-0.4, -0.2) is 51.9 Å². The highest BCUT2D eigenvalue weighted by atomic mass is 35.5. The number of piperidine rings is 1. The molecular formula is C14H17Cl2NO4. The van der Waals surface area contributed by atoms with Gasteiger partial charge >= 0.3 is 0 Å². The zero-order chi connectivity index (χ0) is 15.6. The molecule has 1 saturated heterocycles. The molecule has 0 aliphatic carbocycles. The van der Waals surface area contributed by atoms with Gasteiger partial charge in [-0.3, -0.25) is 4.79 Å². The summed E-state index contributed by atoms with van der Waals surface area (Å²) in [6, 6.07) is 3.05. The van der Waals surface area contributed by atoms with Crippen molar-refractivity contribution in [1.29, 1.82) is 0 Å². The van der Waals surface area contributed by atoms with Gasteiger partial charge in [-0.2, -0.15) is 0 Å². The summed E-state index contributed by atoms with van der Waals surface area (Å²) in [6.45, 7) is 0.283. The Kier molecular flexibility index (Phi) is 5.32. The molecule has 7 heteroatoms. The number of carbonyl (C=O) groups is 1. The number of aliphatic hydroxyl groups excluding tert-OH is 2. The number of phenols is 1. The molecule has 1 amide bonds. The molecule has 2 rings (SSSR count). The van der Waals surface area contributed by atoms with Gasteiger partial charge in [0, 0.05) is 18.7 Å². The molecule has 1 heterocycles. The summed E-state index contributed by atoms with van der Waals surface area (Å²) < 4.78 is 0. The minimum atomic E-state index is -1.37. The van der Waals surface area contributed by atoms with Crippen LogP contribution < -0.4 is 0 Å². The van der Waals surface area contributed by atoms with Crippen LogP contribution in [-0.2, 0) is 4.79 Å². The van der Waals surface area contributed by atoms with Gasteiger partial charge in [-0.1, -0.05) is 23.2 Å². The first-order valence-corrected chi connectivity index (χ1v) is 7.45. The lowest BCUT2D eigenvalue weighted by Crippen LogP contribution is -2.44. The van der Waals surface area contributed by atoms with Crippen molar-refractivity contribution in [3.8, 4) is 5.75 Å². The number of rotatable bonds is 3. The molecule has 21 heavy (non-hydrogen) atoms. The Morgan fingerprint density at radius 3 is 2.52 bits per heavy atom. The van der Waals surface area contributed by atoms with Crippen LogP contribution >= 0.6 is 23.2 Å². The number of aliphatic hydroxyl groups is 2. The first kappa shape index (κ1) is 16.4. The zero-order valence-electron chi connectivity index (χ0n) is 11.3. The van der Waals surface area contributed by atoms with Crippen LogP contribution in [0, 0.1) is 0 Å². The van der Waals surface area contributed by atoms with Crippen molar-refractivity contribution in [3.05, 3.63) is 27.7 Å². The number of hydrogen-bond acceptors (Lipinski definition) is 4. The second-order valence-corrected chi connectivity index (χ2v) is 5.88. The second kappa shape index (κ2) is 6.83. The lowest BCUT2D eigenvalue weighted by Gasteiger charge is -2.33. The van der Waals surface area contributed by atoms with E-state index >= 15 is 0 Å². The normalized spacial score (nSPS) is 17.8. The minimum absolute atomic E-state index is 0.00604. The van der Waals surface area contributed by atoms with Gasteiger partial charge in [0.05, 0.1) is 16.7 Å². The highest BCUT2D eigenvalue weighted by Gasteiger charge is 2.29. The number of halogens is 2. The predicted molar refractivity (Wildman–Crippen MR) is 79.8 cm³/mol. The van der Waals surface area contributed by atoms with E-state index in [1.54, 1.807) is 6.07 Å². The molecule has 1 atom stereocenters. The first-order chi connectivity index (χ1) is 9.95. The molecule has 0 aromatic heterocycles. The number of likely N-dealkylation sites (tertiary alicyclic amines) is 1. The Morgan fingerprint density at radius 1 is 1.33 bits per heavy atom. The van der Waals surface area contributed by atoms with E-state index in [1.165, 1.54) is 11.0 Å². The van der Waals surface area contributed by atoms with Crippen molar-refractivity contribution in [2.24, 2.45) is 0 Å². The molecule has 0 radical (unpaired) electrons. The van der Waals surface area contributed by atoms with Crippen LogP contribution in [0.5, 0.6) is 5.75 Å². The smallest absolute Gasteiger partial charge is 0.253 e. The van der Waals surface area contributed by atoms with Crippen LogP contribution in [0.25, 0.3) is 0 Å². The lowest BCUT2D eigenvalue weighted by atomic mass is 9.88. The van der Waals surface area contributed by atoms with Crippen molar-refractivity contribution >= 4 is 29.1 Å². The molecular weight excluding hydrogens is 317 g/mol. The van der Waals surface area contributed by atoms with Crippen LogP contribution in [0.1, 0.15) is 24.3 Å². The summed E-state index contributed by atoms with van der Waals surface area (Å²) in [5.41, 5.74) is 0.610. The molecule has 116 valence electrons. The van der Waals surface area contributed by atoms with Crippen molar-refractivity contribution in [1.82, 2.24) is 4.90 Å². The van der Waals surface area contributed by atoms with Crippen LogP contribution in [0.2, 0.25) is 10.0 Å². The van der Waals surface area contributed by atoms with Gasteiger partial charge in [0.15, 0.2) is 6.10 Å². The maximum Gasteiger partial charge on any atom is 0.253 e. The van der Waals surface area contributed by atoms with Gasteiger partial charge in [-0.05, 0) is 30.9 Å². The molecule has 1 aromatic rings. The Hall–Kier alpha value is -1.01. The molecule has 3 N–H and O–H groups in total. The summed E-state index contributed by atoms with van der Waals surface area (Å²) in [4.78, 5) is 13.3. The zero-order valence-corrected chi connectivity index (χ0v) is 12.8. The van der Waals surface area contributed by atoms with E-state index in [0.29, 0.717) is 41.5 Å². The summed E-state index contributed by atoms with van der Waals surface area (Å²) in [7, 11) is 0. The number of nitrogens with zero attached hydrogens (tertiary/aromatic N) is 1. The lowest BCUT2D eigenvalue weighted by molar-refractivity contribution is -0.143. The summed E-state index contributed by atoms with van der Waals surface area (Å²) >= 11 is 12.1. The number of aromatic hydroxyl groups is 1. The fourth-order valence-corrected chi connectivity index (χ4v) is 3.10. The fraction of sp³-hybridized carbons (Fsp3) is 0.500. The number of hydrogen-bond donors (Lipinski definition) is 3. The average Bonchev–Trinajstić information content (AvgIpc) is 2.50. The number of phenolic OH excluding ortho intramolecular Hbond substituents is 1. The quantitative estimate of drug-likeness (QED) is 0.787. The maximum atomic E-state index is 11.8. The third kappa shape index (κ3) is 3.43. The summed E-state index contributed by atoms with van der Waals surface area (Å²) in [5.74, 6) is -0.367. The van der Waals surface area contributed by atoms with E-state index in [2.05, 4.69) is 0 Å². The van der Waals surface area contributed by atoms with Gasteiger partial charge in [-0.15, -0.1) is 0 Å². The Bertz CT molecular complexity index is 530. The summed E-state index contributed by atoms with van der Waals surface area (Å²) in [5, 5.41) is 28.9. The first-order valence-electron chi connectivity index (χ1n) is 6.70. The third-order valence-electron chi connectivity index (χ3n) is 3.78. The number of benzene rings is 1. The predicted octanol–water partition coefficient (Wildman–Crippen LogP) is 1.76. The Balaban J connectivity index is 2.08. The van der Waals surface area contributed by atoms with E-state index in [-0.39, 0.29) is 11.7 Å². The van der Waals surface area contributed by atoms with Crippen molar-refractivity contribution in [2.75, 3.05) is 19.7 Å². The number of amides is 1. The standard InChI is InChI=1S/C14H17Cl2NO4/c15-9-1-2-10(19)12(13(9)16)8-3-5-17(6-4-8)14(21)11(20)7-18/h1-2,8,11,18-20H,3-7H2/t11-/m1/s1. The van der Waals surface area contributed by atoms with E-state index < -0.39 is 18.6 Å². The van der Waals surface area contributed by atoms with Gasteiger partial charge in [0.1, 0.15) is 5.75 Å². The van der Waals surface area contributed by atoms with E-state index in [9.17, 15) is 15.0 Å². The molecule has 0 unspecified atom stereocenters. The topological polar surface area (TPSA) is 81.0 Å². The Morgan fingerprint density at radius 2 is 1.95 bits per heavy atom.